The molecule has 44 heavy (non-hydrogen) atoms. The number of piperidine rings is 2. The number of anilines is 6. The van der Waals surface area contributed by atoms with Gasteiger partial charge in [0.05, 0.1) is 11.3 Å². The highest BCUT2D eigenvalue weighted by Crippen LogP contribution is 2.31. The van der Waals surface area contributed by atoms with Crippen LogP contribution in [0, 0.1) is 0 Å². The van der Waals surface area contributed by atoms with Gasteiger partial charge in [-0.3, -0.25) is 4.79 Å². The van der Waals surface area contributed by atoms with E-state index in [-0.39, 0.29) is 65.5 Å². The van der Waals surface area contributed by atoms with Crippen LogP contribution in [-0.2, 0) is 0 Å². The third kappa shape index (κ3) is 9.42. The van der Waals surface area contributed by atoms with Crippen LogP contribution in [-0.4, -0.2) is 71.3 Å². The summed E-state index contributed by atoms with van der Waals surface area (Å²) in [4.78, 5) is 33.2. The average Bonchev–Trinajstić information content (AvgIpc) is 2.95. The number of benzene rings is 2. The van der Waals surface area contributed by atoms with Crippen molar-refractivity contribution in [2.24, 2.45) is 0 Å². The molecule has 1 aromatic heterocycles. The second kappa shape index (κ2) is 17.8. The lowest BCUT2D eigenvalue weighted by Gasteiger charge is -2.30. The Morgan fingerprint density at radius 1 is 0.773 bits per heavy atom. The van der Waals surface area contributed by atoms with Gasteiger partial charge in [0.2, 0.25) is 17.8 Å². The Morgan fingerprint density at radius 2 is 1.32 bits per heavy atom. The molecule has 2 aliphatic heterocycles. The fourth-order valence-electron chi connectivity index (χ4n) is 4.90. The summed E-state index contributed by atoms with van der Waals surface area (Å²) in [5, 5.41) is 26.9. The molecule has 0 bridgehead atoms. The van der Waals surface area contributed by atoms with Crippen molar-refractivity contribution < 1.29 is 20.7 Å². The van der Waals surface area contributed by atoms with E-state index in [1.54, 1.807) is 24.3 Å². The molecule has 15 nitrogen and oxygen atoms in total. The molecule has 3 aromatic rings. The predicted octanol–water partition coefficient (Wildman–Crippen LogP) is 6.38. The van der Waals surface area contributed by atoms with E-state index >= 15 is 0 Å². The van der Waals surface area contributed by atoms with Crippen LogP contribution in [0.2, 0.25) is 0 Å². The number of halogens is 1. The van der Waals surface area contributed by atoms with E-state index in [1.165, 1.54) is 25.0 Å². The molecule has 3 heterocycles. The quantitative estimate of drug-likeness (QED) is 0.130. The van der Waals surface area contributed by atoms with Gasteiger partial charge in [0, 0.05) is 69.5 Å². The molecule has 0 aliphatic carbocycles. The largest absolute Gasteiger partial charge is 0.507 e. The van der Waals surface area contributed by atoms with Crippen LogP contribution in [0.5, 0.6) is 11.5 Å². The molecule has 0 unspecified atom stereocenters. The standard InChI is InChI=1S/C28H36N8O3.ClH.4H3N.4H2/c1-34(2)20-10-11-21(23(37)18-20)25(39)30-22-12-9-19(17-24(22)38)29-26-31-27(35-13-5-3-6-14-35)33-28(32-26)36-15-7-4-8-16-36;;;;;;;;;/h9-12,17-18,37-38H,3-8,13-16H2,1-2H3,(H,30,39)(H,29,31,32,33);1H;4*1H3;4*1H. The van der Waals surface area contributed by atoms with Crippen LogP contribution < -0.4 is 49.9 Å². The number of carbonyl (C=O) groups excluding carboxylic acids is 1. The van der Waals surface area contributed by atoms with Crippen molar-refractivity contribution in [2.75, 3.05) is 65.6 Å². The van der Waals surface area contributed by atoms with E-state index in [1.807, 2.05) is 19.0 Å². The summed E-state index contributed by atoms with van der Waals surface area (Å²) in [7, 11) is 3.70. The number of aromatic nitrogens is 3. The molecule has 254 valence electrons. The molecular formula is C28H57ClN12O3. The van der Waals surface area contributed by atoms with Gasteiger partial charge < -0.3 is 60.1 Å². The van der Waals surface area contributed by atoms with Crippen molar-refractivity contribution in [2.45, 2.75) is 38.5 Å². The highest BCUT2D eigenvalue weighted by Gasteiger charge is 2.21. The van der Waals surface area contributed by atoms with Crippen LogP contribution in [0.4, 0.5) is 34.9 Å². The Morgan fingerprint density at radius 3 is 1.80 bits per heavy atom. The number of aromatic hydroxyl groups is 2. The normalized spacial score (nSPS) is 13.9. The van der Waals surface area contributed by atoms with Crippen molar-refractivity contribution in [1.29, 1.82) is 0 Å². The molecule has 16 N–H and O–H groups in total. The Labute approximate surface area is 271 Å². The zero-order chi connectivity index (χ0) is 27.4. The van der Waals surface area contributed by atoms with Gasteiger partial charge >= 0.3 is 0 Å². The van der Waals surface area contributed by atoms with Crippen molar-refractivity contribution in [1.82, 2.24) is 39.6 Å². The number of hydrogen-bond donors (Lipinski definition) is 8. The zero-order valence-electron chi connectivity index (χ0n) is 25.8. The minimum Gasteiger partial charge on any atom is -0.507 e. The highest BCUT2D eigenvalue weighted by atomic mass is 35.5. The number of amides is 1. The van der Waals surface area contributed by atoms with Gasteiger partial charge in [0.1, 0.15) is 11.5 Å². The second-order valence-corrected chi connectivity index (χ2v) is 10.3. The summed E-state index contributed by atoms with van der Waals surface area (Å²) in [6.45, 7) is 3.69. The number of rotatable bonds is 7. The van der Waals surface area contributed by atoms with E-state index in [9.17, 15) is 15.0 Å². The maximum atomic E-state index is 12.8. The molecule has 0 spiro atoms. The first-order chi connectivity index (χ1) is 18.9. The van der Waals surface area contributed by atoms with Gasteiger partial charge in [-0.2, -0.15) is 15.0 Å². The predicted molar refractivity (Wildman–Crippen MR) is 190 cm³/mol. The Bertz CT molecular complexity index is 1320. The lowest BCUT2D eigenvalue weighted by molar-refractivity contribution is 0.102. The second-order valence-electron chi connectivity index (χ2n) is 10.3. The minimum atomic E-state index is -0.524. The van der Waals surface area contributed by atoms with Gasteiger partial charge in [0.25, 0.3) is 5.91 Å². The number of phenols is 2. The maximum Gasteiger partial charge on any atom is 0.259 e. The third-order valence-corrected chi connectivity index (χ3v) is 7.13. The molecule has 2 fully saturated rings. The zero-order valence-corrected chi connectivity index (χ0v) is 26.6. The smallest absolute Gasteiger partial charge is 0.259 e. The molecule has 2 aromatic carbocycles. The first-order valence-corrected chi connectivity index (χ1v) is 13.5. The van der Waals surface area contributed by atoms with Gasteiger partial charge in [-0.15, -0.1) is 12.4 Å². The topological polar surface area (TPSA) is 270 Å². The van der Waals surface area contributed by atoms with Gasteiger partial charge in [-0.05, 0) is 62.8 Å². The van der Waals surface area contributed by atoms with Crippen LogP contribution in [0.25, 0.3) is 0 Å². The first-order valence-electron chi connectivity index (χ1n) is 13.5. The SMILES string of the molecule is CN(C)c1ccc(C(=O)Nc2ccc(Nc3nc(N4CCCCC4)nc(N4CCCCC4)n3)cc2O)c(O)c1.Cl.N.N.N.N.[HH].[HH].[HH].[HH]. The summed E-state index contributed by atoms with van der Waals surface area (Å²) >= 11 is 0. The monoisotopic (exact) mass is 644 g/mol. The van der Waals surface area contributed by atoms with Crippen LogP contribution >= 0.6 is 12.4 Å². The van der Waals surface area contributed by atoms with Crippen LogP contribution in [0.1, 0.15) is 54.6 Å². The van der Waals surface area contributed by atoms with Crippen LogP contribution in [0.15, 0.2) is 36.4 Å². The van der Waals surface area contributed by atoms with Gasteiger partial charge in [0.15, 0.2) is 0 Å². The molecule has 0 radical (unpaired) electrons. The van der Waals surface area contributed by atoms with E-state index in [2.05, 4.69) is 20.4 Å². The number of hydrogen-bond acceptors (Lipinski definition) is 14. The fraction of sp³-hybridized carbons (Fsp3) is 0.429. The first kappa shape index (κ1) is 39.8. The molecule has 2 saturated heterocycles. The minimum absolute atomic E-state index is 0. The van der Waals surface area contributed by atoms with Crippen molar-refractivity contribution in [3.63, 3.8) is 0 Å². The molecule has 5 rings (SSSR count). The molecule has 0 saturated carbocycles. The molecule has 1 amide bonds. The Hall–Kier alpha value is -4.15. The lowest BCUT2D eigenvalue weighted by Crippen LogP contribution is -2.34. The van der Waals surface area contributed by atoms with E-state index in [4.69, 9.17) is 15.0 Å². The average molecular weight is 645 g/mol. The molecule has 16 heteroatoms. The Balaban J connectivity index is -0.000000685. The number of carbonyl (C=O) groups is 1. The summed E-state index contributed by atoms with van der Waals surface area (Å²) in [6, 6.07) is 9.65. The molecule has 0 atom stereocenters. The fourth-order valence-corrected chi connectivity index (χ4v) is 4.90. The summed E-state index contributed by atoms with van der Waals surface area (Å²) < 4.78 is 0. The molecule has 2 aliphatic rings. The third-order valence-electron chi connectivity index (χ3n) is 7.13. The van der Waals surface area contributed by atoms with Crippen molar-refractivity contribution >= 4 is 53.2 Å². The lowest BCUT2D eigenvalue weighted by atomic mass is 10.1. The summed E-state index contributed by atoms with van der Waals surface area (Å²) in [5.74, 6) is 0.957. The van der Waals surface area contributed by atoms with Crippen molar-refractivity contribution in [3.8, 4) is 11.5 Å². The maximum absolute atomic E-state index is 12.8. The van der Waals surface area contributed by atoms with E-state index in [0.29, 0.717) is 23.5 Å². The van der Waals surface area contributed by atoms with Crippen molar-refractivity contribution in [3.05, 3.63) is 42.0 Å². The highest BCUT2D eigenvalue weighted by molar-refractivity contribution is 6.07. The van der Waals surface area contributed by atoms with Gasteiger partial charge in [-0.25, -0.2) is 0 Å². The summed E-state index contributed by atoms with van der Waals surface area (Å²) in [5.41, 5.74) is 1.68. The van der Waals surface area contributed by atoms with E-state index in [0.717, 1.165) is 57.5 Å². The molecular weight excluding hydrogens is 588 g/mol. The van der Waals surface area contributed by atoms with E-state index < -0.39 is 5.91 Å². The van der Waals surface area contributed by atoms with Crippen LogP contribution in [0.3, 0.4) is 0 Å². The number of phenolic OH excluding ortho intramolecular Hbond substituents is 2. The number of nitrogens with zero attached hydrogens (tertiary/aromatic N) is 6. The Kier molecular flexibility index (Phi) is 16.2. The summed E-state index contributed by atoms with van der Waals surface area (Å²) in [6.07, 6.45) is 6.90. The van der Waals surface area contributed by atoms with Gasteiger partial charge in [-0.1, -0.05) is 0 Å². The number of nitrogens with one attached hydrogen (secondary N) is 2.